The zero-order chi connectivity index (χ0) is 24.3. The normalized spacial score (nSPS) is 13.6. The summed E-state index contributed by atoms with van der Waals surface area (Å²) in [6.07, 6.45) is 1.59. The first-order chi connectivity index (χ1) is 15.8. The molecule has 0 unspecified atom stereocenters. The Morgan fingerprint density at radius 2 is 1.09 bits per heavy atom. The molecule has 162 valence electrons. The molecule has 0 amide bonds. The number of thioether (sulfide) groups is 4. The summed E-state index contributed by atoms with van der Waals surface area (Å²) in [5.74, 6) is -0.926. The molecule has 0 fully saturated rings. The Kier molecular flexibility index (Phi) is 7.48. The van der Waals surface area contributed by atoms with Crippen LogP contribution in [0.25, 0.3) is 0 Å². The van der Waals surface area contributed by atoms with Crippen molar-refractivity contribution in [3.05, 3.63) is 31.3 Å². The molecule has 2 heterocycles. The fourth-order valence-corrected chi connectivity index (χ4v) is 7.62. The minimum Gasteiger partial charge on any atom is -0.424 e. The third kappa shape index (κ3) is 4.61. The summed E-state index contributed by atoms with van der Waals surface area (Å²) in [6.45, 7) is 4.49. The molecule has 0 saturated carbocycles. The maximum Gasteiger partial charge on any atom is 0.338 e. The number of nitrogens with zero attached hydrogens (tertiary/aromatic N) is 4. The maximum absolute atomic E-state index is 12.6. The number of hydrogen-bond donors (Lipinski definition) is 0. The third-order valence-electron chi connectivity index (χ3n) is 4.07. The van der Waals surface area contributed by atoms with Gasteiger partial charge in [0.1, 0.15) is 35.4 Å². The first-order valence-electron chi connectivity index (χ1n) is 8.87. The van der Waals surface area contributed by atoms with Crippen molar-refractivity contribution in [2.75, 3.05) is 0 Å². The van der Waals surface area contributed by atoms with Gasteiger partial charge in [-0.3, -0.25) is 4.79 Å². The van der Waals surface area contributed by atoms with Crippen LogP contribution < -0.4 is 9.47 Å². The Balaban J connectivity index is 2.33. The molecule has 0 aromatic heterocycles. The van der Waals surface area contributed by atoms with Crippen LogP contribution in [0.1, 0.15) is 20.8 Å². The summed E-state index contributed by atoms with van der Waals surface area (Å²) in [5, 5.41) is 37.2. The number of hydrogen-bond acceptors (Lipinski definition) is 12. The number of benzene rings is 1. The maximum atomic E-state index is 12.6. The van der Waals surface area contributed by atoms with E-state index in [4.69, 9.17) is 9.47 Å². The summed E-state index contributed by atoms with van der Waals surface area (Å²) in [5.41, 5.74) is 0.0900. The third-order valence-corrected chi connectivity index (χ3v) is 9.26. The van der Waals surface area contributed by atoms with Crippen molar-refractivity contribution in [1.82, 2.24) is 0 Å². The van der Waals surface area contributed by atoms with Crippen LogP contribution in [0.15, 0.2) is 50.9 Å². The van der Waals surface area contributed by atoms with E-state index < -0.39 is 11.9 Å². The molecule has 0 N–H and O–H groups in total. The zero-order valence-electron chi connectivity index (χ0n) is 17.1. The van der Waals surface area contributed by atoms with Gasteiger partial charge in [0.25, 0.3) is 0 Å². The number of nitriles is 4. The van der Waals surface area contributed by atoms with E-state index in [1.54, 1.807) is 19.9 Å². The fraction of sp³-hybridized carbons (Fsp3) is 0.143. The highest BCUT2D eigenvalue weighted by Crippen LogP contribution is 2.68. The fourth-order valence-electron chi connectivity index (χ4n) is 2.46. The molecule has 1 aromatic rings. The van der Waals surface area contributed by atoms with Crippen LogP contribution in [0.5, 0.6) is 11.5 Å². The molecule has 3 rings (SSSR count). The Bertz CT molecular complexity index is 1270. The largest absolute Gasteiger partial charge is 0.424 e. The number of ether oxygens (including phenoxy) is 2. The van der Waals surface area contributed by atoms with E-state index in [2.05, 4.69) is 0 Å². The summed E-state index contributed by atoms with van der Waals surface area (Å²) in [4.78, 5) is 26.1. The molecule has 0 aliphatic carbocycles. The lowest BCUT2D eigenvalue weighted by molar-refractivity contribution is -0.133. The average Bonchev–Trinajstić information content (AvgIpc) is 3.42. The highest BCUT2D eigenvalue weighted by atomic mass is 32.2. The Morgan fingerprint density at radius 3 is 1.39 bits per heavy atom. The van der Waals surface area contributed by atoms with Gasteiger partial charge >= 0.3 is 11.9 Å². The van der Waals surface area contributed by atoms with Gasteiger partial charge in [-0.2, -0.15) is 21.0 Å². The second-order valence-electron chi connectivity index (χ2n) is 6.11. The molecule has 2 aliphatic heterocycles. The van der Waals surface area contributed by atoms with Crippen molar-refractivity contribution in [3.8, 4) is 35.8 Å². The van der Waals surface area contributed by atoms with Gasteiger partial charge in [-0.1, -0.05) is 53.1 Å². The van der Waals surface area contributed by atoms with Crippen molar-refractivity contribution >= 4 is 59.0 Å². The van der Waals surface area contributed by atoms with Gasteiger partial charge in [-0.15, -0.1) is 0 Å². The Morgan fingerprint density at radius 1 is 0.727 bits per heavy atom. The van der Waals surface area contributed by atoms with E-state index in [1.807, 2.05) is 24.3 Å². The summed E-state index contributed by atoms with van der Waals surface area (Å²) in [7, 11) is 0. The van der Waals surface area contributed by atoms with Crippen molar-refractivity contribution in [2.24, 2.45) is 0 Å². The second kappa shape index (κ2) is 10.1. The minimum absolute atomic E-state index is 0.130. The van der Waals surface area contributed by atoms with Gasteiger partial charge in [0.05, 0.1) is 28.1 Å². The quantitative estimate of drug-likeness (QED) is 0.222. The van der Waals surface area contributed by atoms with Crippen LogP contribution in [0, 0.1) is 45.3 Å². The van der Waals surface area contributed by atoms with E-state index in [0.29, 0.717) is 33.6 Å². The summed E-state index contributed by atoms with van der Waals surface area (Å²) in [6, 6.07) is 7.33. The average molecular weight is 511 g/mol. The molecule has 0 atom stereocenters. The molecule has 0 bridgehead atoms. The smallest absolute Gasteiger partial charge is 0.338 e. The lowest BCUT2D eigenvalue weighted by Gasteiger charge is -2.16. The zero-order valence-corrected chi connectivity index (χ0v) is 20.4. The van der Waals surface area contributed by atoms with Gasteiger partial charge < -0.3 is 9.47 Å². The van der Waals surface area contributed by atoms with Crippen LogP contribution in [-0.2, 0) is 9.59 Å². The van der Waals surface area contributed by atoms with Crippen molar-refractivity contribution < 1.29 is 19.1 Å². The second-order valence-corrected chi connectivity index (χ2v) is 10.7. The van der Waals surface area contributed by atoms with Gasteiger partial charge in [0.2, 0.25) is 0 Å². The van der Waals surface area contributed by atoms with Crippen LogP contribution in [0.2, 0.25) is 0 Å². The van der Waals surface area contributed by atoms with Gasteiger partial charge in [-0.25, -0.2) is 4.79 Å². The molecule has 0 radical (unpaired) electrons. The lowest BCUT2D eigenvalue weighted by Crippen LogP contribution is -2.11. The SMILES string of the molecule is C/C=C(\C)C(=O)Oc1c2c(c(OC(C)=O)c3c1SC(=C(C#N)C#N)S3)SC(=C(C#N)C#N)S2. The standard InChI is InChI=1S/C21H10N4O4S4/c1-4-9(2)19(27)29-14-17-15(30-20(32-17)11(5-22)6-23)13(28-10(3)26)16-18(14)33-21(31-16)12(7-24)8-25/h4H,1-3H3/b9-4+. The number of allylic oxidation sites excluding steroid dienone is 3. The molecule has 1 aromatic carbocycles. The molecule has 0 saturated heterocycles. The van der Waals surface area contributed by atoms with Crippen LogP contribution >= 0.6 is 47.0 Å². The topological polar surface area (TPSA) is 148 Å². The minimum atomic E-state index is -0.616. The van der Waals surface area contributed by atoms with Crippen molar-refractivity contribution in [2.45, 2.75) is 40.4 Å². The van der Waals surface area contributed by atoms with Gasteiger partial charge in [-0.05, 0) is 13.8 Å². The molecular formula is C21H10N4O4S4. The predicted octanol–water partition coefficient (Wildman–Crippen LogP) is 5.40. The highest BCUT2D eigenvalue weighted by Gasteiger charge is 2.39. The highest BCUT2D eigenvalue weighted by molar-refractivity contribution is 8.26. The van der Waals surface area contributed by atoms with Crippen molar-refractivity contribution in [1.29, 1.82) is 21.0 Å². The van der Waals surface area contributed by atoms with Crippen LogP contribution in [0.3, 0.4) is 0 Å². The van der Waals surface area contributed by atoms with E-state index in [0.717, 1.165) is 47.0 Å². The summed E-state index contributed by atoms with van der Waals surface area (Å²) >= 11 is 4.20. The number of rotatable bonds is 3. The summed E-state index contributed by atoms with van der Waals surface area (Å²) < 4.78 is 11.9. The number of fused-ring (bicyclic) bond motifs is 2. The van der Waals surface area contributed by atoms with E-state index >= 15 is 0 Å². The van der Waals surface area contributed by atoms with E-state index in [1.165, 1.54) is 6.92 Å². The first kappa shape index (κ1) is 24.4. The molecule has 12 heteroatoms. The van der Waals surface area contributed by atoms with Crippen molar-refractivity contribution in [3.63, 3.8) is 0 Å². The molecule has 33 heavy (non-hydrogen) atoms. The lowest BCUT2D eigenvalue weighted by atomic mass is 10.3. The van der Waals surface area contributed by atoms with E-state index in [-0.39, 0.29) is 22.6 Å². The molecule has 0 spiro atoms. The van der Waals surface area contributed by atoms with E-state index in [9.17, 15) is 30.6 Å². The van der Waals surface area contributed by atoms with Gasteiger partial charge in [0, 0.05) is 12.5 Å². The molecule has 8 nitrogen and oxygen atoms in total. The molecule has 2 aliphatic rings. The molecular weight excluding hydrogens is 501 g/mol. The number of esters is 2. The number of carbonyl (C=O) groups excluding carboxylic acids is 2. The monoisotopic (exact) mass is 510 g/mol. The number of carbonyl (C=O) groups is 2. The Hall–Kier alpha value is -3.26. The Labute approximate surface area is 205 Å². The van der Waals surface area contributed by atoms with Gasteiger partial charge in [0.15, 0.2) is 11.5 Å². The first-order valence-corrected chi connectivity index (χ1v) is 12.1. The van der Waals surface area contributed by atoms with Crippen LogP contribution in [0.4, 0.5) is 0 Å². The predicted molar refractivity (Wildman–Crippen MR) is 123 cm³/mol. The van der Waals surface area contributed by atoms with Crippen LogP contribution in [-0.4, -0.2) is 11.9 Å².